The van der Waals surface area contributed by atoms with Crippen LogP contribution in [0.3, 0.4) is 0 Å². The van der Waals surface area contributed by atoms with Crippen molar-refractivity contribution in [3.05, 3.63) is 30.6 Å². The van der Waals surface area contributed by atoms with Crippen molar-refractivity contribution in [3.63, 3.8) is 0 Å². The van der Waals surface area contributed by atoms with Gasteiger partial charge in [0.1, 0.15) is 5.52 Å². The van der Waals surface area contributed by atoms with E-state index < -0.39 is 0 Å². The highest BCUT2D eigenvalue weighted by Gasteiger charge is 2.11. The minimum atomic E-state index is 0.571. The third-order valence-electron chi connectivity index (χ3n) is 2.98. The second-order valence-corrected chi connectivity index (χ2v) is 5.20. The van der Waals surface area contributed by atoms with Gasteiger partial charge in [0.15, 0.2) is 11.5 Å². The Balaban J connectivity index is 2.04. The SMILES string of the molecule is CCNc1nc(Nc2ccccc2SC)c2[nH]cnc2n1. The Labute approximate surface area is 126 Å². The zero-order valence-corrected chi connectivity index (χ0v) is 12.7. The van der Waals surface area contributed by atoms with E-state index in [0.717, 1.165) is 28.5 Å². The van der Waals surface area contributed by atoms with Crippen LogP contribution in [0.25, 0.3) is 11.2 Å². The molecule has 21 heavy (non-hydrogen) atoms. The third-order valence-corrected chi connectivity index (χ3v) is 3.78. The average Bonchev–Trinajstić information content (AvgIpc) is 2.97. The fraction of sp³-hybridized carbons (Fsp3) is 0.214. The summed E-state index contributed by atoms with van der Waals surface area (Å²) in [5, 5.41) is 6.49. The number of hydrogen-bond acceptors (Lipinski definition) is 6. The van der Waals surface area contributed by atoms with Crippen LogP contribution >= 0.6 is 11.8 Å². The summed E-state index contributed by atoms with van der Waals surface area (Å²) in [6.07, 6.45) is 3.68. The van der Waals surface area contributed by atoms with Gasteiger partial charge in [-0.05, 0) is 25.3 Å². The second-order valence-electron chi connectivity index (χ2n) is 4.35. The zero-order chi connectivity index (χ0) is 14.7. The Bertz CT molecular complexity index is 754. The standard InChI is InChI=1S/C14H16N6S/c1-3-15-14-19-12-11(16-8-17-12)13(20-14)18-9-6-4-5-7-10(9)21-2/h4-8H,3H2,1-2H3,(H3,15,16,17,18,19,20). The zero-order valence-electron chi connectivity index (χ0n) is 11.8. The molecule has 0 fully saturated rings. The maximum atomic E-state index is 4.52. The van der Waals surface area contributed by atoms with Crippen molar-refractivity contribution in [2.75, 3.05) is 23.4 Å². The van der Waals surface area contributed by atoms with Crippen LogP contribution in [-0.4, -0.2) is 32.7 Å². The topological polar surface area (TPSA) is 78.5 Å². The van der Waals surface area contributed by atoms with Crippen molar-refractivity contribution >= 4 is 40.4 Å². The highest BCUT2D eigenvalue weighted by molar-refractivity contribution is 7.98. The van der Waals surface area contributed by atoms with Crippen LogP contribution in [0.15, 0.2) is 35.5 Å². The van der Waals surface area contributed by atoms with Crippen molar-refractivity contribution in [3.8, 4) is 0 Å². The fourth-order valence-electron chi connectivity index (χ4n) is 2.04. The molecule has 3 N–H and O–H groups in total. The largest absolute Gasteiger partial charge is 0.354 e. The molecule has 2 aromatic heterocycles. The monoisotopic (exact) mass is 300 g/mol. The van der Waals surface area contributed by atoms with Gasteiger partial charge < -0.3 is 15.6 Å². The van der Waals surface area contributed by atoms with Gasteiger partial charge in [0, 0.05) is 11.4 Å². The maximum Gasteiger partial charge on any atom is 0.226 e. The van der Waals surface area contributed by atoms with Gasteiger partial charge >= 0.3 is 0 Å². The number of rotatable bonds is 5. The maximum absolute atomic E-state index is 4.52. The van der Waals surface area contributed by atoms with Crippen LogP contribution in [0.5, 0.6) is 0 Å². The molecule has 1 aromatic carbocycles. The number of hydrogen-bond donors (Lipinski definition) is 3. The molecule has 0 amide bonds. The summed E-state index contributed by atoms with van der Waals surface area (Å²) >= 11 is 1.69. The van der Waals surface area contributed by atoms with E-state index in [9.17, 15) is 0 Å². The van der Waals surface area contributed by atoms with E-state index in [4.69, 9.17) is 0 Å². The Kier molecular flexibility index (Phi) is 3.92. The van der Waals surface area contributed by atoms with Crippen molar-refractivity contribution in [2.45, 2.75) is 11.8 Å². The molecule has 0 aliphatic carbocycles. The Hall–Kier alpha value is -2.28. The Morgan fingerprint density at radius 2 is 2.10 bits per heavy atom. The van der Waals surface area contributed by atoms with Crippen LogP contribution in [-0.2, 0) is 0 Å². The number of nitrogens with zero attached hydrogens (tertiary/aromatic N) is 3. The van der Waals surface area contributed by atoms with Crippen LogP contribution in [0.2, 0.25) is 0 Å². The quantitative estimate of drug-likeness (QED) is 0.628. The van der Waals surface area contributed by atoms with Crippen molar-refractivity contribution in [1.82, 2.24) is 19.9 Å². The van der Waals surface area contributed by atoms with Crippen LogP contribution in [0.4, 0.5) is 17.5 Å². The summed E-state index contributed by atoms with van der Waals surface area (Å²) in [4.78, 5) is 17.3. The summed E-state index contributed by atoms with van der Waals surface area (Å²) in [5.41, 5.74) is 2.46. The molecule has 0 aliphatic rings. The molecule has 7 heteroatoms. The van der Waals surface area contributed by atoms with Gasteiger partial charge in [-0.15, -0.1) is 11.8 Å². The van der Waals surface area contributed by atoms with Gasteiger partial charge in [-0.25, -0.2) is 4.98 Å². The highest BCUT2D eigenvalue weighted by atomic mass is 32.2. The molecule has 0 radical (unpaired) electrons. The second kappa shape index (κ2) is 6.01. The smallest absolute Gasteiger partial charge is 0.226 e. The van der Waals surface area contributed by atoms with Gasteiger partial charge in [-0.3, -0.25) is 0 Å². The van der Waals surface area contributed by atoms with E-state index in [1.54, 1.807) is 18.1 Å². The van der Waals surface area contributed by atoms with Gasteiger partial charge in [0.05, 0.1) is 12.0 Å². The molecule has 0 aliphatic heterocycles. The molecule has 2 heterocycles. The summed E-state index contributed by atoms with van der Waals surface area (Å²) < 4.78 is 0. The Morgan fingerprint density at radius 3 is 2.90 bits per heavy atom. The molecule has 0 spiro atoms. The lowest BCUT2D eigenvalue weighted by Gasteiger charge is -2.11. The van der Waals surface area contributed by atoms with E-state index in [1.165, 1.54) is 0 Å². The fourth-order valence-corrected chi connectivity index (χ4v) is 2.59. The van der Waals surface area contributed by atoms with Gasteiger partial charge in [-0.1, -0.05) is 12.1 Å². The minimum Gasteiger partial charge on any atom is -0.354 e. The average molecular weight is 300 g/mol. The number of anilines is 3. The van der Waals surface area contributed by atoms with Crippen LogP contribution in [0, 0.1) is 0 Å². The van der Waals surface area contributed by atoms with Gasteiger partial charge in [0.2, 0.25) is 5.95 Å². The van der Waals surface area contributed by atoms with E-state index in [1.807, 2.05) is 25.1 Å². The van der Waals surface area contributed by atoms with Crippen LogP contribution in [0.1, 0.15) is 6.92 Å². The molecule has 0 atom stereocenters. The number of thioether (sulfide) groups is 1. The predicted molar refractivity (Wildman–Crippen MR) is 87.4 cm³/mol. The number of benzene rings is 1. The molecule has 3 rings (SSSR count). The van der Waals surface area contributed by atoms with Crippen molar-refractivity contribution in [1.29, 1.82) is 0 Å². The van der Waals surface area contributed by atoms with E-state index in [2.05, 4.69) is 42.9 Å². The molecule has 0 bridgehead atoms. The number of aromatic amines is 1. The third kappa shape index (κ3) is 2.78. The molecule has 0 unspecified atom stereocenters. The molecule has 0 saturated heterocycles. The first-order valence-corrected chi connectivity index (χ1v) is 7.89. The van der Waals surface area contributed by atoms with Gasteiger partial charge in [-0.2, -0.15) is 9.97 Å². The highest BCUT2D eigenvalue weighted by Crippen LogP contribution is 2.29. The molecular weight excluding hydrogens is 284 g/mol. The van der Waals surface area contributed by atoms with E-state index in [-0.39, 0.29) is 0 Å². The summed E-state index contributed by atoms with van der Waals surface area (Å²) in [7, 11) is 0. The van der Waals surface area contributed by atoms with Crippen LogP contribution < -0.4 is 10.6 Å². The number of nitrogens with one attached hydrogen (secondary N) is 3. The first kappa shape index (κ1) is 13.7. The van der Waals surface area contributed by atoms with Crippen molar-refractivity contribution in [2.24, 2.45) is 0 Å². The Morgan fingerprint density at radius 1 is 1.24 bits per heavy atom. The summed E-state index contributed by atoms with van der Waals surface area (Å²) in [6, 6.07) is 8.12. The lowest BCUT2D eigenvalue weighted by atomic mass is 10.3. The van der Waals surface area contributed by atoms with Crippen molar-refractivity contribution < 1.29 is 0 Å². The van der Waals surface area contributed by atoms with E-state index in [0.29, 0.717) is 11.6 Å². The molecule has 3 aromatic rings. The number of fused-ring (bicyclic) bond motifs is 1. The first-order valence-electron chi connectivity index (χ1n) is 6.67. The number of H-pyrrole nitrogens is 1. The lowest BCUT2D eigenvalue weighted by Crippen LogP contribution is -2.05. The van der Waals surface area contributed by atoms with Gasteiger partial charge in [0.25, 0.3) is 0 Å². The minimum absolute atomic E-state index is 0.571. The molecule has 6 nitrogen and oxygen atoms in total. The number of imidazole rings is 1. The molecular formula is C14H16N6S. The summed E-state index contributed by atoms with van der Waals surface area (Å²) in [5.74, 6) is 1.29. The number of aromatic nitrogens is 4. The normalized spacial score (nSPS) is 10.8. The molecule has 108 valence electrons. The predicted octanol–water partition coefficient (Wildman–Crippen LogP) is 3.25. The molecule has 0 saturated carbocycles. The summed E-state index contributed by atoms with van der Waals surface area (Å²) in [6.45, 7) is 2.77. The number of para-hydroxylation sites is 1. The lowest BCUT2D eigenvalue weighted by molar-refractivity contribution is 1.10. The van der Waals surface area contributed by atoms with E-state index >= 15 is 0 Å². The first-order chi connectivity index (χ1) is 10.3.